The number of hydrogen-bond acceptors (Lipinski definition) is 5. The highest BCUT2D eigenvalue weighted by atomic mass is 32.2. The second-order valence-electron chi connectivity index (χ2n) is 6.52. The average Bonchev–Trinajstić information content (AvgIpc) is 3.16. The number of aryl methyl sites for hydroxylation is 1. The summed E-state index contributed by atoms with van der Waals surface area (Å²) in [4.78, 5) is 12.7. The fourth-order valence-electron chi connectivity index (χ4n) is 2.82. The molecule has 4 aromatic rings. The lowest BCUT2D eigenvalue weighted by molar-refractivity contribution is -0.115. The third kappa shape index (κ3) is 3.89. The molecule has 0 aliphatic heterocycles. The average molecular weight is 389 g/mol. The molecule has 0 saturated carbocycles. The molecule has 1 heterocycles. The molecule has 28 heavy (non-hydrogen) atoms. The Morgan fingerprint density at radius 1 is 1.04 bits per heavy atom. The fourth-order valence-corrected chi connectivity index (χ4v) is 3.63. The van der Waals surface area contributed by atoms with Crippen LogP contribution in [0.2, 0.25) is 0 Å². The fraction of sp³-hybridized carbons (Fsp3) is 0.143. The summed E-state index contributed by atoms with van der Waals surface area (Å²) < 4.78 is 1.64. The summed E-state index contributed by atoms with van der Waals surface area (Å²) in [6.45, 7) is 3.87. The molecule has 7 heteroatoms. The quantitative estimate of drug-likeness (QED) is 0.517. The van der Waals surface area contributed by atoms with E-state index in [0.717, 1.165) is 27.7 Å². The van der Waals surface area contributed by atoms with E-state index in [1.54, 1.807) is 4.68 Å². The minimum Gasteiger partial charge on any atom is -0.325 e. The van der Waals surface area contributed by atoms with Gasteiger partial charge in [-0.15, -0.1) is 5.10 Å². The van der Waals surface area contributed by atoms with Crippen LogP contribution in [0.5, 0.6) is 0 Å². The van der Waals surface area contributed by atoms with E-state index in [9.17, 15) is 4.79 Å². The minimum atomic E-state index is -0.360. The third-order valence-corrected chi connectivity index (χ3v) is 5.42. The maximum atomic E-state index is 12.7. The van der Waals surface area contributed by atoms with Gasteiger partial charge in [0.15, 0.2) is 0 Å². The third-order valence-electron chi connectivity index (χ3n) is 4.39. The van der Waals surface area contributed by atoms with E-state index in [1.807, 2.05) is 80.6 Å². The molecule has 1 unspecified atom stereocenters. The smallest absolute Gasteiger partial charge is 0.237 e. The first-order chi connectivity index (χ1) is 13.6. The molecule has 1 aromatic heterocycles. The second-order valence-corrected chi connectivity index (χ2v) is 7.83. The zero-order chi connectivity index (χ0) is 19.5. The highest BCUT2D eigenvalue weighted by Gasteiger charge is 2.19. The number of tetrazole rings is 1. The number of benzene rings is 3. The number of carbonyl (C=O) groups excluding carboxylic acids is 1. The monoisotopic (exact) mass is 389 g/mol. The summed E-state index contributed by atoms with van der Waals surface area (Å²) >= 11 is 1.32. The maximum absolute atomic E-state index is 12.7. The first kappa shape index (κ1) is 18.2. The van der Waals surface area contributed by atoms with E-state index in [1.165, 1.54) is 11.8 Å². The van der Waals surface area contributed by atoms with Crippen LogP contribution in [0.3, 0.4) is 0 Å². The van der Waals surface area contributed by atoms with Gasteiger partial charge in [-0.25, -0.2) is 0 Å². The van der Waals surface area contributed by atoms with Gasteiger partial charge in [-0.2, -0.15) is 4.68 Å². The topological polar surface area (TPSA) is 72.7 Å². The summed E-state index contributed by atoms with van der Waals surface area (Å²) in [5.74, 6) is -0.0984. The Hall–Kier alpha value is -3.19. The molecule has 3 aromatic carbocycles. The van der Waals surface area contributed by atoms with Gasteiger partial charge < -0.3 is 5.32 Å². The van der Waals surface area contributed by atoms with Gasteiger partial charge in [-0.05, 0) is 59.3 Å². The molecule has 0 bridgehead atoms. The van der Waals surface area contributed by atoms with Crippen LogP contribution in [0, 0.1) is 6.92 Å². The Bertz CT molecular complexity index is 1120. The minimum absolute atomic E-state index is 0.0984. The van der Waals surface area contributed by atoms with Crippen molar-refractivity contribution in [3.63, 3.8) is 0 Å². The van der Waals surface area contributed by atoms with Crippen molar-refractivity contribution in [1.82, 2.24) is 20.2 Å². The van der Waals surface area contributed by atoms with Crippen LogP contribution in [0.25, 0.3) is 16.5 Å². The number of rotatable bonds is 5. The second kappa shape index (κ2) is 7.82. The van der Waals surface area contributed by atoms with Gasteiger partial charge in [0, 0.05) is 5.69 Å². The number of nitrogens with zero attached hydrogens (tertiary/aromatic N) is 4. The number of amides is 1. The molecule has 0 fully saturated rings. The van der Waals surface area contributed by atoms with Crippen molar-refractivity contribution in [3.8, 4) is 5.69 Å². The molecule has 0 saturated heterocycles. The van der Waals surface area contributed by atoms with E-state index in [0.29, 0.717) is 5.16 Å². The molecule has 6 nitrogen and oxygen atoms in total. The first-order valence-corrected chi connectivity index (χ1v) is 9.80. The summed E-state index contributed by atoms with van der Waals surface area (Å²) in [7, 11) is 0. The van der Waals surface area contributed by atoms with Crippen molar-refractivity contribution in [2.24, 2.45) is 0 Å². The molecule has 0 aliphatic rings. The summed E-state index contributed by atoms with van der Waals surface area (Å²) in [5.41, 5.74) is 2.80. The predicted molar refractivity (Wildman–Crippen MR) is 112 cm³/mol. The molecule has 0 spiro atoms. The van der Waals surface area contributed by atoms with E-state index in [2.05, 4.69) is 20.8 Å². The number of nitrogens with one attached hydrogen (secondary N) is 1. The lowest BCUT2D eigenvalue weighted by Gasteiger charge is -2.12. The van der Waals surface area contributed by atoms with Crippen LogP contribution in [0.15, 0.2) is 71.9 Å². The van der Waals surface area contributed by atoms with Crippen LogP contribution < -0.4 is 5.32 Å². The van der Waals surface area contributed by atoms with Crippen molar-refractivity contribution >= 4 is 34.1 Å². The van der Waals surface area contributed by atoms with E-state index in [4.69, 9.17) is 0 Å². The highest BCUT2D eigenvalue weighted by molar-refractivity contribution is 8.00. The van der Waals surface area contributed by atoms with Crippen molar-refractivity contribution in [2.75, 3.05) is 5.32 Å². The Labute approximate surface area is 167 Å². The molecule has 0 radical (unpaired) electrons. The molecular weight excluding hydrogens is 370 g/mol. The molecule has 140 valence electrons. The van der Waals surface area contributed by atoms with Crippen LogP contribution in [-0.2, 0) is 4.79 Å². The first-order valence-electron chi connectivity index (χ1n) is 8.92. The van der Waals surface area contributed by atoms with E-state index < -0.39 is 0 Å². The summed E-state index contributed by atoms with van der Waals surface area (Å²) in [5, 5.41) is 17.3. The van der Waals surface area contributed by atoms with Gasteiger partial charge in [0.05, 0.1) is 10.9 Å². The zero-order valence-electron chi connectivity index (χ0n) is 15.5. The lowest BCUT2D eigenvalue weighted by atomic mass is 10.1. The summed E-state index contributed by atoms with van der Waals surface area (Å²) in [6.07, 6.45) is 0. The Morgan fingerprint density at radius 3 is 2.57 bits per heavy atom. The number of thioether (sulfide) groups is 1. The van der Waals surface area contributed by atoms with Gasteiger partial charge in [0.1, 0.15) is 0 Å². The van der Waals surface area contributed by atoms with Crippen molar-refractivity contribution in [3.05, 3.63) is 72.3 Å². The predicted octanol–water partition coefficient (Wildman–Crippen LogP) is 4.24. The Kier molecular flexibility index (Phi) is 5.08. The number of fused-ring (bicyclic) bond motifs is 1. The molecular formula is C21H19N5OS. The van der Waals surface area contributed by atoms with Gasteiger partial charge >= 0.3 is 0 Å². The highest BCUT2D eigenvalue weighted by Crippen LogP contribution is 2.25. The van der Waals surface area contributed by atoms with E-state index >= 15 is 0 Å². The molecule has 1 atom stereocenters. The Morgan fingerprint density at radius 2 is 1.79 bits per heavy atom. The van der Waals surface area contributed by atoms with Crippen LogP contribution in [0.4, 0.5) is 5.69 Å². The van der Waals surface area contributed by atoms with Gasteiger partial charge in [-0.1, -0.05) is 59.8 Å². The van der Waals surface area contributed by atoms with Crippen LogP contribution in [0.1, 0.15) is 12.5 Å². The largest absolute Gasteiger partial charge is 0.325 e. The van der Waals surface area contributed by atoms with Gasteiger partial charge in [0.2, 0.25) is 11.1 Å². The zero-order valence-corrected chi connectivity index (χ0v) is 16.4. The number of aromatic nitrogens is 4. The number of anilines is 1. The molecule has 1 amide bonds. The van der Waals surface area contributed by atoms with Crippen molar-refractivity contribution in [1.29, 1.82) is 0 Å². The molecule has 4 rings (SSSR count). The Balaban J connectivity index is 1.47. The number of carbonyl (C=O) groups is 1. The van der Waals surface area contributed by atoms with Crippen LogP contribution in [-0.4, -0.2) is 31.4 Å². The van der Waals surface area contributed by atoms with Gasteiger partial charge in [-0.3, -0.25) is 4.79 Å². The van der Waals surface area contributed by atoms with E-state index in [-0.39, 0.29) is 11.2 Å². The lowest BCUT2D eigenvalue weighted by Crippen LogP contribution is -2.22. The van der Waals surface area contributed by atoms with Crippen molar-refractivity contribution < 1.29 is 4.79 Å². The SMILES string of the molecule is Cc1ccc(-n2nnnc2SC(C)C(=O)Nc2ccc3ccccc3c2)cc1. The molecule has 0 aliphatic carbocycles. The van der Waals surface area contributed by atoms with Crippen molar-refractivity contribution in [2.45, 2.75) is 24.3 Å². The standard InChI is InChI=1S/C21H19N5OS/c1-14-7-11-19(12-8-14)26-21(23-24-25-26)28-15(2)20(27)22-18-10-9-16-5-3-4-6-17(16)13-18/h3-13,15H,1-2H3,(H,22,27). The summed E-state index contributed by atoms with van der Waals surface area (Å²) in [6, 6.07) is 21.8. The maximum Gasteiger partial charge on any atom is 0.237 e. The van der Waals surface area contributed by atoms with Gasteiger partial charge in [0.25, 0.3) is 0 Å². The number of hydrogen-bond donors (Lipinski definition) is 1. The normalized spacial score (nSPS) is 12.1. The molecule has 1 N–H and O–H groups in total. The van der Waals surface area contributed by atoms with Crippen LogP contribution >= 0.6 is 11.8 Å².